The third-order valence-electron chi connectivity index (χ3n) is 5.70. The van der Waals surface area contributed by atoms with Gasteiger partial charge in [-0.15, -0.1) is 0 Å². The highest BCUT2D eigenvalue weighted by molar-refractivity contribution is 5.88. The molecule has 1 aliphatic heterocycles. The molecule has 1 aromatic heterocycles. The van der Waals surface area contributed by atoms with Gasteiger partial charge in [0.15, 0.2) is 11.5 Å². The van der Waals surface area contributed by atoms with Crippen LogP contribution in [0.5, 0.6) is 11.5 Å². The minimum atomic E-state index is -0.378. The Bertz CT molecular complexity index is 1450. The van der Waals surface area contributed by atoms with E-state index in [2.05, 4.69) is 44.7 Å². The molecular formula is C27H22N2O4. The van der Waals surface area contributed by atoms with E-state index in [1.807, 2.05) is 34.9 Å². The topological polar surface area (TPSA) is 66.5 Å². The number of ether oxygens (including phenoxy) is 2. The minimum Gasteiger partial charge on any atom is -0.454 e. The number of hydrogen-bond acceptors (Lipinski definition) is 4. The fourth-order valence-electron chi connectivity index (χ4n) is 3.95. The summed E-state index contributed by atoms with van der Waals surface area (Å²) < 4.78 is 12.9. The highest BCUT2D eigenvalue weighted by Gasteiger charge is 2.22. The molecule has 2 heterocycles. The standard InChI is InChI=1S/C27H22N2O4/c1-27(2,3)20-11-8-18(9-12-20)10-13-21-14-19-15-25-26(33-17-32-25)16-24(19)28(21)22-6-4-5-7-23(22)29(30)31/h4-9,11-12,14-16H,17H2,1-3H3. The van der Waals surface area contributed by atoms with Crippen molar-refractivity contribution in [2.75, 3.05) is 6.79 Å². The van der Waals surface area contributed by atoms with E-state index in [1.54, 1.807) is 18.2 Å². The van der Waals surface area contributed by atoms with Crippen LogP contribution in [0.2, 0.25) is 0 Å². The van der Waals surface area contributed by atoms with Gasteiger partial charge in [0, 0.05) is 23.1 Å². The van der Waals surface area contributed by atoms with Crippen molar-refractivity contribution in [3.05, 3.63) is 93.7 Å². The van der Waals surface area contributed by atoms with Gasteiger partial charge in [0.25, 0.3) is 5.69 Å². The van der Waals surface area contributed by atoms with Crippen molar-refractivity contribution in [2.45, 2.75) is 26.2 Å². The first-order valence-electron chi connectivity index (χ1n) is 10.6. The molecule has 0 atom stereocenters. The van der Waals surface area contributed by atoms with Crippen molar-refractivity contribution < 1.29 is 14.4 Å². The van der Waals surface area contributed by atoms with Gasteiger partial charge in [-0.25, -0.2) is 0 Å². The van der Waals surface area contributed by atoms with Crippen LogP contribution in [-0.4, -0.2) is 16.3 Å². The van der Waals surface area contributed by atoms with E-state index >= 15 is 0 Å². The Morgan fingerprint density at radius 2 is 1.64 bits per heavy atom. The van der Waals surface area contributed by atoms with Gasteiger partial charge >= 0.3 is 0 Å². The van der Waals surface area contributed by atoms with Crippen LogP contribution in [0.3, 0.4) is 0 Å². The van der Waals surface area contributed by atoms with Crippen molar-refractivity contribution in [3.63, 3.8) is 0 Å². The van der Waals surface area contributed by atoms with Crippen molar-refractivity contribution in [1.29, 1.82) is 0 Å². The van der Waals surface area contributed by atoms with Gasteiger partial charge in [-0.3, -0.25) is 14.7 Å². The van der Waals surface area contributed by atoms with Crippen molar-refractivity contribution in [3.8, 4) is 29.0 Å². The van der Waals surface area contributed by atoms with Gasteiger partial charge in [0.05, 0.1) is 16.1 Å². The summed E-state index contributed by atoms with van der Waals surface area (Å²) in [7, 11) is 0. The number of benzene rings is 3. The summed E-state index contributed by atoms with van der Waals surface area (Å²) in [4.78, 5) is 11.4. The summed E-state index contributed by atoms with van der Waals surface area (Å²) in [6, 6.07) is 20.5. The first kappa shape index (κ1) is 20.7. The largest absolute Gasteiger partial charge is 0.454 e. The molecule has 0 aliphatic carbocycles. The van der Waals surface area contributed by atoms with Crippen LogP contribution in [0.4, 0.5) is 5.69 Å². The lowest BCUT2D eigenvalue weighted by atomic mass is 9.87. The molecule has 0 unspecified atom stereocenters. The second kappa shape index (κ2) is 7.72. The molecule has 5 rings (SSSR count). The number of rotatable bonds is 2. The van der Waals surface area contributed by atoms with Crippen molar-refractivity contribution in [1.82, 2.24) is 4.57 Å². The monoisotopic (exact) mass is 438 g/mol. The van der Waals surface area contributed by atoms with Crippen molar-refractivity contribution >= 4 is 16.6 Å². The quantitative estimate of drug-likeness (QED) is 0.220. The van der Waals surface area contributed by atoms with Gasteiger partial charge in [0.1, 0.15) is 5.69 Å². The minimum absolute atomic E-state index is 0.00486. The highest BCUT2D eigenvalue weighted by atomic mass is 16.7. The van der Waals surface area contributed by atoms with Crippen LogP contribution in [0, 0.1) is 22.0 Å². The Hall–Kier alpha value is -4.24. The van der Waals surface area contributed by atoms with E-state index in [0.29, 0.717) is 22.9 Å². The molecule has 164 valence electrons. The lowest BCUT2D eigenvalue weighted by Gasteiger charge is -2.18. The predicted octanol–water partition coefficient (Wildman–Crippen LogP) is 5.96. The van der Waals surface area contributed by atoms with Gasteiger partial charge in [-0.2, -0.15) is 0 Å². The van der Waals surface area contributed by atoms with Gasteiger partial charge in [-0.05, 0) is 47.2 Å². The van der Waals surface area contributed by atoms with Crippen LogP contribution >= 0.6 is 0 Å². The number of fused-ring (bicyclic) bond motifs is 2. The lowest BCUT2D eigenvalue weighted by Crippen LogP contribution is -2.10. The maximum Gasteiger partial charge on any atom is 0.293 e. The molecular weight excluding hydrogens is 416 g/mol. The maximum absolute atomic E-state index is 11.8. The average molecular weight is 438 g/mol. The molecule has 0 saturated heterocycles. The first-order valence-corrected chi connectivity index (χ1v) is 10.6. The van der Waals surface area contributed by atoms with Crippen LogP contribution in [0.1, 0.15) is 37.6 Å². The SMILES string of the molecule is CC(C)(C)c1ccc(C#Cc2cc3cc4c(cc3n2-c2ccccc2[N+](=O)[O-])OCO4)cc1. The summed E-state index contributed by atoms with van der Waals surface area (Å²) in [6.45, 7) is 6.67. The molecule has 0 fully saturated rings. The van der Waals surface area contributed by atoms with E-state index in [0.717, 1.165) is 16.5 Å². The summed E-state index contributed by atoms with van der Waals surface area (Å²) >= 11 is 0. The van der Waals surface area contributed by atoms with E-state index in [1.165, 1.54) is 11.6 Å². The normalized spacial score (nSPS) is 12.5. The molecule has 0 saturated carbocycles. The third-order valence-corrected chi connectivity index (χ3v) is 5.70. The lowest BCUT2D eigenvalue weighted by molar-refractivity contribution is -0.384. The van der Waals surface area contributed by atoms with Crippen LogP contribution < -0.4 is 9.47 Å². The van der Waals surface area contributed by atoms with Gasteiger partial charge < -0.3 is 9.47 Å². The molecule has 0 spiro atoms. The molecule has 3 aromatic carbocycles. The summed E-state index contributed by atoms with van der Waals surface area (Å²) in [5.41, 5.74) is 4.03. The fraction of sp³-hybridized carbons (Fsp3) is 0.185. The molecule has 33 heavy (non-hydrogen) atoms. The Kier molecular flexibility index (Phi) is 4.83. The summed E-state index contributed by atoms with van der Waals surface area (Å²) in [5, 5.41) is 12.6. The van der Waals surface area contributed by atoms with Gasteiger partial charge in [-0.1, -0.05) is 51.0 Å². The molecule has 0 amide bonds. The fourth-order valence-corrected chi connectivity index (χ4v) is 3.95. The molecule has 6 heteroatoms. The zero-order valence-electron chi connectivity index (χ0n) is 18.6. The zero-order chi connectivity index (χ0) is 23.2. The number of para-hydroxylation sites is 2. The zero-order valence-corrected chi connectivity index (χ0v) is 18.6. The maximum atomic E-state index is 11.8. The molecule has 0 bridgehead atoms. The van der Waals surface area contributed by atoms with E-state index in [-0.39, 0.29) is 22.8 Å². The smallest absolute Gasteiger partial charge is 0.293 e. The van der Waals surface area contributed by atoms with E-state index < -0.39 is 0 Å². The number of hydrogen-bond donors (Lipinski definition) is 0. The number of aromatic nitrogens is 1. The summed E-state index contributed by atoms with van der Waals surface area (Å²) in [6.07, 6.45) is 0. The highest BCUT2D eigenvalue weighted by Crippen LogP contribution is 2.39. The van der Waals surface area contributed by atoms with Gasteiger partial charge in [0.2, 0.25) is 6.79 Å². The molecule has 6 nitrogen and oxygen atoms in total. The molecule has 0 N–H and O–H groups in total. The van der Waals surface area contributed by atoms with Crippen molar-refractivity contribution in [2.24, 2.45) is 0 Å². The second-order valence-corrected chi connectivity index (χ2v) is 8.95. The van der Waals surface area contributed by atoms with E-state index in [9.17, 15) is 10.1 Å². The van der Waals surface area contributed by atoms with Crippen LogP contribution in [-0.2, 0) is 5.41 Å². The second-order valence-electron chi connectivity index (χ2n) is 8.95. The number of nitrogens with zero attached hydrogens (tertiary/aromatic N) is 2. The Labute approximate surface area is 191 Å². The third kappa shape index (κ3) is 3.79. The van der Waals surface area contributed by atoms with E-state index in [4.69, 9.17) is 9.47 Å². The number of nitro benzene ring substituents is 1. The molecule has 4 aromatic rings. The summed E-state index contributed by atoms with van der Waals surface area (Å²) in [5.74, 6) is 7.70. The number of nitro groups is 1. The Morgan fingerprint density at radius 1 is 0.939 bits per heavy atom. The molecule has 1 aliphatic rings. The Balaban J connectivity index is 1.68. The van der Waals surface area contributed by atoms with Crippen LogP contribution in [0.15, 0.2) is 66.7 Å². The van der Waals surface area contributed by atoms with Crippen LogP contribution in [0.25, 0.3) is 16.6 Å². The Morgan fingerprint density at radius 3 is 2.33 bits per heavy atom. The molecule has 0 radical (unpaired) electrons. The average Bonchev–Trinajstić information content (AvgIpc) is 3.39. The first-order chi connectivity index (χ1) is 15.8. The predicted molar refractivity (Wildman–Crippen MR) is 127 cm³/mol.